The van der Waals surface area contributed by atoms with Crippen molar-refractivity contribution < 1.29 is 9.90 Å². The monoisotopic (exact) mass is 283 g/mol. The highest BCUT2D eigenvalue weighted by atomic mass is 16.3. The Labute approximate surface area is 125 Å². The van der Waals surface area contributed by atoms with Crippen LogP contribution in [0.25, 0.3) is 10.8 Å². The van der Waals surface area contributed by atoms with E-state index in [0.717, 1.165) is 23.8 Å². The minimum atomic E-state index is -1.16. The summed E-state index contributed by atoms with van der Waals surface area (Å²) in [6, 6.07) is 14.3. The lowest BCUT2D eigenvalue weighted by molar-refractivity contribution is -0.139. The molecule has 1 unspecified atom stereocenters. The Hall–Kier alpha value is -1.87. The Morgan fingerprint density at radius 2 is 1.81 bits per heavy atom. The van der Waals surface area contributed by atoms with E-state index >= 15 is 0 Å². The molecular formula is C18H21NO2. The lowest BCUT2D eigenvalue weighted by Crippen LogP contribution is -2.45. The van der Waals surface area contributed by atoms with Gasteiger partial charge in [0.05, 0.1) is 6.04 Å². The first-order chi connectivity index (χ1) is 10.1. The summed E-state index contributed by atoms with van der Waals surface area (Å²) >= 11 is 0. The minimum Gasteiger partial charge on any atom is -0.380 e. The first-order valence-electron chi connectivity index (χ1n) is 7.60. The highest BCUT2D eigenvalue weighted by Crippen LogP contribution is 2.30. The predicted molar refractivity (Wildman–Crippen MR) is 83.9 cm³/mol. The van der Waals surface area contributed by atoms with Gasteiger partial charge in [-0.15, -0.1) is 0 Å². The minimum absolute atomic E-state index is 0.105. The van der Waals surface area contributed by atoms with Crippen LogP contribution in [0.1, 0.15) is 44.2 Å². The van der Waals surface area contributed by atoms with E-state index in [1.54, 1.807) is 0 Å². The molecular weight excluding hydrogens is 262 g/mol. The molecule has 3 nitrogen and oxygen atoms in total. The molecule has 0 radical (unpaired) electrons. The van der Waals surface area contributed by atoms with Crippen molar-refractivity contribution in [1.29, 1.82) is 0 Å². The number of fused-ring (bicyclic) bond motifs is 1. The average molecular weight is 283 g/mol. The Kier molecular flexibility index (Phi) is 3.68. The van der Waals surface area contributed by atoms with E-state index in [0.29, 0.717) is 12.8 Å². The molecule has 1 amide bonds. The van der Waals surface area contributed by atoms with Gasteiger partial charge in [0.1, 0.15) is 5.60 Å². The van der Waals surface area contributed by atoms with Gasteiger partial charge in [-0.2, -0.15) is 0 Å². The fourth-order valence-electron chi connectivity index (χ4n) is 3.08. The maximum Gasteiger partial charge on any atom is 0.252 e. The summed E-state index contributed by atoms with van der Waals surface area (Å²) in [5.41, 5.74) is -0.103. The van der Waals surface area contributed by atoms with Gasteiger partial charge >= 0.3 is 0 Å². The van der Waals surface area contributed by atoms with Crippen LogP contribution in [0.5, 0.6) is 0 Å². The zero-order valence-corrected chi connectivity index (χ0v) is 12.3. The first-order valence-corrected chi connectivity index (χ1v) is 7.60. The van der Waals surface area contributed by atoms with Gasteiger partial charge in [0.25, 0.3) is 5.91 Å². The maximum absolute atomic E-state index is 12.3. The summed E-state index contributed by atoms with van der Waals surface area (Å²) in [7, 11) is 0. The van der Waals surface area contributed by atoms with E-state index in [9.17, 15) is 9.90 Å². The second kappa shape index (κ2) is 5.49. The molecule has 1 aliphatic carbocycles. The number of aliphatic hydroxyl groups is 1. The number of carbonyl (C=O) groups excluding carboxylic acids is 1. The van der Waals surface area contributed by atoms with E-state index in [1.807, 2.05) is 25.1 Å². The van der Waals surface area contributed by atoms with Gasteiger partial charge in [-0.3, -0.25) is 4.79 Å². The van der Waals surface area contributed by atoms with Gasteiger partial charge < -0.3 is 10.4 Å². The molecule has 3 heteroatoms. The number of carbonyl (C=O) groups is 1. The molecule has 0 aromatic heterocycles. The number of hydrogen-bond acceptors (Lipinski definition) is 2. The largest absolute Gasteiger partial charge is 0.380 e. The zero-order chi connectivity index (χ0) is 14.9. The number of amides is 1. The van der Waals surface area contributed by atoms with Gasteiger partial charge in [0.2, 0.25) is 0 Å². The quantitative estimate of drug-likeness (QED) is 0.908. The molecule has 0 saturated heterocycles. The van der Waals surface area contributed by atoms with E-state index in [4.69, 9.17) is 0 Å². The molecule has 21 heavy (non-hydrogen) atoms. The SMILES string of the molecule is CC(NC(=O)C1(O)CCCC1)c1ccc2ccccc2c1. The predicted octanol–water partition coefficient (Wildman–Crippen LogP) is 3.32. The molecule has 0 heterocycles. The number of nitrogens with one attached hydrogen (secondary N) is 1. The van der Waals surface area contributed by atoms with Crippen molar-refractivity contribution in [2.75, 3.05) is 0 Å². The van der Waals surface area contributed by atoms with Crippen molar-refractivity contribution in [2.45, 2.75) is 44.2 Å². The van der Waals surface area contributed by atoms with Crippen LogP contribution in [0, 0.1) is 0 Å². The van der Waals surface area contributed by atoms with E-state index in [1.165, 1.54) is 5.39 Å². The Bertz CT molecular complexity index is 659. The Balaban J connectivity index is 1.77. The average Bonchev–Trinajstić information content (AvgIpc) is 2.95. The van der Waals surface area contributed by atoms with Crippen molar-refractivity contribution in [2.24, 2.45) is 0 Å². The second-order valence-electron chi connectivity index (χ2n) is 6.04. The van der Waals surface area contributed by atoms with Crippen LogP contribution in [0.3, 0.4) is 0 Å². The number of hydrogen-bond donors (Lipinski definition) is 2. The smallest absolute Gasteiger partial charge is 0.252 e. The van der Waals surface area contributed by atoms with Crippen LogP contribution in [-0.2, 0) is 4.79 Å². The third kappa shape index (κ3) is 2.79. The Morgan fingerprint density at radius 1 is 1.14 bits per heavy atom. The third-order valence-corrected chi connectivity index (χ3v) is 4.47. The normalized spacial score (nSPS) is 18.6. The van der Waals surface area contributed by atoms with Crippen LogP contribution in [0.2, 0.25) is 0 Å². The molecule has 2 aromatic carbocycles. The lowest BCUT2D eigenvalue weighted by Gasteiger charge is -2.24. The van der Waals surface area contributed by atoms with E-state index < -0.39 is 5.60 Å². The van der Waals surface area contributed by atoms with Crippen LogP contribution in [-0.4, -0.2) is 16.6 Å². The summed E-state index contributed by atoms with van der Waals surface area (Å²) in [5, 5.41) is 15.6. The summed E-state index contributed by atoms with van der Waals surface area (Å²) in [4.78, 5) is 12.3. The van der Waals surface area contributed by atoms with Gasteiger partial charge in [-0.25, -0.2) is 0 Å². The molecule has 0 bridgehead atoms. The van der Waals surface area contributed by atoms with Crippen LogP contribution in [0.15, 0.2) is 42.5 Å². The molecule has 0 aliphatic heterocycles. The van der Waals surface area contributed by atoms with Gasteiger partial charge in [0, 0.05) is 0 Å². The Morgan fingerprint density at radius 3 is 2.52 bits per heavy atom. The van der Waals surface area contributed by atoms with E-state index in [2.05, 4.69) is 29.6 Å². The van der Waals surface area contributed by atoms with Gasteiger partial charge in [-0.1, -0.05) is 36.4 Å². The molecule has 1 atom stereocenters. The van der Waals surface area contributed by atoms with Crippen LogP contribution >= 0.6 is 0 Å². The van der Waals surface area contributed by atoms with Crippen molar-refractivity contribution in [3.63, 3.8) is 0 Å². The fourth-order valence-corrected chi connectivity index (χ4v) is 3.08. The summed E-state index contributed by atoms with van der Waals surface area (Å²) in [6.07, 6.45) is 3.00. The zero-order valence-electron chi connectivity index (χ0n) is 12.3. The van der Waals surface area contributed by atoms with Crippen molar-refractivity contribution in [3.8, 4) is 0 Å². The highest BCUT2D eigenvalue weighted by molar-refractivity contribution is 5.86. The molecule has 1 saturated carbocycles. The van der Waals surface area contributed by atoms with Gasteiger partial charge in [-0.05, 0) is 55.0 Å². The third-order valence-electron chi connectivity index (χ3n) is 4.47. The summed E-state index contributed by atoms with van der Waals surface area (Å²) in [6.45, 7) is 1.96. The van der Waals surface area contributed by atoms with Gasteiger partial charge in [0.15, 0.2) is 0 Å². The summed E-state index contributed by atoms with van der Waals surface area (Å²) in [5.74, 6) is -0.236. The standard InChI is InChI=1S/C18H21NO2/c1-13(19-17(20)18(21)10-4-5-11-18)15-9-8-14-6-2-3-7-16(14)12-15/h2-3,6-9,12-13,21H,4-5,10-11H2,1H3,(H,19,20). The second-order valence-corrected chi connectivity index (χ2v) is 6.04. The fraction of sp³-hybridized carbons (Fsp3) is 0.389. The topological polar surface area (TPSA) is 49.3 Å². The lowest BCUT2D eigenvalue weighted by atomic mass is 9.99. The maximum atomic E-state index is 12.3. The molecule has 1 fully saturated rings. The molecule has 2 N–H and O–H groups in total. The molecule has 3 rings (SSSR count). The van der Waals surface area contributed by atoms with Crippen molar-refractivity contribution in [1.82, 2.24) is 5.32 Å². The molecule has 110 valence electrons. The molecule has 2 aromatic rings. The summed E-state index contributed by atoms with van der Waals surface area (Å²) < 4.78 is 0. The van der Waals surface area contributed by atoms with Crippen LogP contribution < -0.4 is 5.32 Å². The number of benzene rings is 2. The molecule has 0 spiro atoms. The van der Waals surface area contributed by atoms with E-state index in [-0.39, 0.29) is 11.9 Å². The first kappa shape index (κ1) is 14.1. The van der Waals surface area contributed by atoms with Crippen LogP contribution in [0.4, 0.5) is 0 Å². The number of rotatable bonds is 3. The molecule has 1 aliphatic rings. The highest BCUT2D eigenvalue weighted by Gasteiger charge is 2.39. The van der Waals surface area contributed by atoms with Crippen molar-refractivity contribution >= 4 is 16.7 Å². The van der Waals surface area contributed by atoms with Crippen molar-refractivity contribution in [3.05, 3.63) is 48.0 Å².